The van der Waals surface area contributed by atoms with Crippen LogP contribution in [0.25, 0.3) is 0 Å². The molecule has 0 saturated heterocycles. The van der Waals surface area contributed by atoms with Gasteiger partial charge in [-0.05, 0) is 13.8 Å². The van der Waals surface area contributed by atoms with Crippen molar-refractivity contribution in [3.63, 3.8) is 0 Å². The summed E-state index contributed by atoms with van der Waals surface area (Å²) in [5.41, 5.74) is 0. The fraction of sp³-hybridized carbons (Fsp3) is 0.800. The summed E-state index contributed by atoms with van der Waals surface area (Å²) in [4.78, 5) is 0. The molecule has 0 aliphatic rings. The van der Waals surface area contributed by atoms with Crippen molar-refractivity contribution in [2.45, 2.75) is 20.0 Å². The van der Waals surface area contributed by atoms with Gasteiger partial charge in [-0.3, -0.25) is 0 Å². The fourth-order valence-corrected chi connectivity index (χ4v) is 0.912. The van der Waals surface area contributed by atoms with Crippen LogP contribution in [0.5, 0.6) is 0 Å². The molecule has 13 heavy (non-hydrogen) atoms. The molecule has 0 heterocycles. The fourth-order valence-electron chi connectivity index (χ4n) is 0.912. The number of ether oxygens (including phenoxy) is 3. The zero-order valence-electron chi connectivity index (χ0n) is 8.62. The molecule has 1 unspecified atom stereocenters. The summed E-state index contributed by atoms with van der Waals surface area (Å²) in [5.74, 6) is 0. The molecule has 1 atom stereocenters. The average molecular weight is 188 g/mol. The van der Waals surface area contributed by atoms with Crippen molar-refractivity contribution in [3.8, 4) is 0 Å². The molecule has 3 heteroatoms. The molecule has 0 aliphatic heterocycles. The van der Waals surface area contributed by atoms with Crippen molar-refractivity contribution in [1.82, 2.24) is 0 Å². The van der Waals surface area contributed by atoms with Crippen LogP contribution >= 0.6 is 0 Å². The van der Waals surface area contributed by atoms with Gasteiger partial charge >= 0.3 is 0 Å². The standard InChI is InChI=1S/C10H20O3/c1-4-7-12-9-10(13-6-3)8-11-5-2/h4,10H,1,5-9H2,2-3H3. The molecular formula is C10H20O3. The lowest BCUT2D eigenvalue weighted by Crippen LogP contribution is -2.25. The van der Waals surface area contributed by atoms with Crippen LogP contribution in [0.15, 0.2) is 12.7 Å². The van der Waals surface area contributed by atoms with E-state index in [0.717, 1.165) is 0 Å². The molecular weight excluding hydrogens is 168 g/mol. The van der Waals surface area contributed by atoms with Crippen molar-refractivity contribution in [2.24, 2.45) is 0 Å². The van der Waals surface area contributed by atoms with Gasteiger partial charge in [-0.15, -0.1) is 6.58 Å². The maximum atomic E-state index is 5.41. The highest BCUT2D eigenvalue weighted by Gasteiger charge is 2.07. The summed E-state index contributed by atoms with van der Waals surface area (Å²) in [5, 5.41) is 0. The van der Waals surface area contributed by atoms with Crippen molar-refractivity contribution in [1.29, 1.82) is 0 Å². The Hall–Kier alpha value is -0.380. The summed E-state index contributed by atoms with van der Waals surface area (Å²) in [6.45, 7) is 10.6. The first-order chi connectivity index (χ1) is 6.35. The van der Waals surface area contributed by atoms with Gasteiger partial charge in [-0.2, -0.15) is 0 Å². The molecule has 0 fully saturated rings. The summed E-state index contributed by atoms with van der Waals surface area (Å²) in [6, 6.07) is 0. The Labute approximate surface area is 80.7 Å². The quantitative estimate of drug-likeness (QED) is 0.406. The Morgan fingerprint density at radius 2 is 1.85 bits per heavy atom. The van der Waals surface area contributed by atoms with Gasteiger partial charge in [0.05, 0.1) is 19.8 Å². The number of rotatable bonds is 9. The molecule has 3 nitrogen and oxygen atoms in total. The van der Waals surface area contributed by atoms with Crippen LogP contribution in [0.4, 0.5) is 0 Å². The van der Waals surface area contributed by atoms with Crippen molar-refractivity contribution in [3.05, 3.63) is 12.7 Å². The van der Waals surface area contributed by atoms with Crippen LogP contribution in [0.1, 0.15) is 13.8 Å². The molecule has 0 saturated carbocycles. The summed E-state index contributed by atoms with van der Waals surface area (Å²) >= 11 is 0. The van der Waals surface area contributed by atoms with E-state index in [1.165, 1.54) is 0 Å². The first-order valence-electron chi connectivity index (χ1n) is 4.73. The lowest BCUT2D eigenvalue weighted by atomic mass is 10.4. The monoisotopic (exact) mass is 188 g/mol. The lowest BCUT2D eigenvalue weighted by molar-refractivity contribution is -0.0501. The third-order valence-electron chi connectivity index (χ3n) is 1.45. The second kappa shape index (κ2) is 9.71. The van der Waals surface area contributed by atoms with Gasteiger partial charge in [0.15, 0.2) is 0 Å². The Bertz CT molecular complexity index is 115. The highest BCUT2D eigenvalue weighted by molar-refractivity contribution is 4.65. The van der Waals surface area contributed by atoms with E-state index in [0.29, 0.717) is 33.0 Å². The molecule has 0 aliphatic carbocycles. The van der Waals surface area contributed by atoms with Crippen LogP contribution < -0.4 is 0 Å². The van der Waals surface area contributed by atoms with E-state index in [9.17, 15) is 0 Å². The van der Waals surface area contributed by atoms with Crippen LogP contribution in [0, 0.1) is 0 Å². The number of hydrogen-bond donors (Lipinski definition) is 0. The molecule has 0 spiro atoms. The maximum absolute atomic E-state index is 5.41. The van der Waals surface area contributed by atoms with E-state index in [-0.39, 0.29) is 6.10 Å². The maximum Gasteiger partial charge on any atom is 0.104 e. The van der Waals surface area contributed by atoms with Gasteiger partial charge in [0.2, 0.25) is 0 Å². The van der Waals surface area contributed by atoms with E-state index in [1.54, 1.807) is 6.08 Å². The second-order valence-electron chi connectivity index (χ2n) is 2.56. The van der Waals surface area contributed by atoms with Crippen molar-refractivity contribution < 1.29 is 14.2 Å². The smallest absolute Gasteiger partial charge is 0.104 e. The van der Waals surface area contributed by atoms with E-state index in [1.807, 2.05) is 13.8 Å². The van der Waals surface area contributed by atoms with E-state index in [2.05, 4.69) is 6.58 Å². The van der Waals surface area contributed by atoms with Gasteiger partial charge < -0.3 is 14.2 Å². The van der Waals surface area contributed by atoms with Crippen LogP contribution in [0.3, 0.4) is 0 Å². The molecule has 0 aromatic carbocycles. The molecule has 0 bridgehead atoms. The Morgan fingerprint density at radius 3 is 2.38 bits per heavy atom. The highest BCUT2D eigenvalue weighted by atomic mass is 16.6. The van der Waals surface area contributed by atoms with E-state index in [4.69, 9.17) is 14.2 Å². The first kappa shape index (κ1) is 12.6. The molecule has 0 N–H and O–H groups in total. The van der Waals surface area contributed by atoms with Gasteiger partial charge in [-0.25, -0.2) is 0 Å². The van der Waals surface area contributed by atoms with E-state index < -0.39 is 0 Å². The summed E-state index contributed by atoms with van der Waals surface area (Å²) in [6.07, 6.45) is 1.77. The minimum absolute atomic E-state index is 0.0462. The zero-order valence-corrected chi connectivity index (χ0v) is 8.62. The Morgan fingerprint density at radius 1 is 1.15 bits per heavy atom. The summed E-state index contributed by atoms with van der Waals surface area (Å²) in [7, 11) is 0. The number of hydrogen-bond acceptors (Lipinski definition) is 3. The Balaban J connectivity index is 3.46. The normalized spacial score (nSPS) is 12.8. The molecule has 0 aromatic rings. The largest absolute Gasteiger partial charge is 0.379 e. The zero-order chi connectivity index (χ0) is 9.94. The van der Waals surface area contributed by atoms with Crippen molar-refractivity contribution in [2.75, 3.05) is 33.0 Å². The molecule has 0 amide bonds. The van der Waals surface area contributed by atoms with E-state index >= 15 is 0 Å². The molecule has 0 radical (unpaired) electrons. The predicted octanol–water partition coefficient (Wildman–Crippen LogP) is 1.63. The molecule has 78 valence electrons. The van der Waals surface area contributed by atoms with Gasteiger partial charge in [-0.1, -0.05) is 6.08 Å². The van der Waals surface area contributed by atoms with Gasteiger partial charge in [0.1, 0.15) is 6.10 Å². The van der Waals surface area contributed by atoms with Crippen LogP contribution in [-0.2, 0) is 14.2 Å². The third kappa shape index (κ3) is 7.96. The minimum Gasteiger partial charge on any atom is -0.379 e. The summed E-state index contributed by atoms with van der Waals surface area (Å²) < 4.78 is 15.9. The second-order valence-corrected chi connectivity index (χ2v) is 2.56. The minimum atomic E-state index is 0.0462. The van der Waals surface area contributed by atoms with Crippen LogP contribution in [-0.4, -0.2) is 39.1 Å². The SMILES string of the molecule is C=CCOCC(COCC)OCC. The average Bonchev–Trinajstić information content (AvgIpc) is 2.14. The Kier molecular flexibility index (Phi) is 9.42. The lowest BCUT2D eigenvalue weighted by Gasteiger charge is -2.16. The van der Waals surface area contributed by atoms with Gasteiger partial charge in [0.25, 0.3) is 0 Å². The van der Waals surface area contributed by atoms with Crippen LogP contribution in [0.2, 0.25) is 0 Å². The molecule has 0 rings (SSSR count). The van der Waals surface area contributed by atoms with Gasteiger partial charge in [0, 0.05) is 13.2 Å². The van der Waals surface area contributed by atoms with Crippen molar-refractivity contribution >= 4 is 0 Å². The molecule has 0 aromatic heterocycles. The predicted molar refractivity (Wildman–Crippen MR) is 52.9 cm³/mol. The topological polar surface area (TPSA) is 27.7 Å². The third-order valence-corrected chi connectivity index (χ3v) is 1.45. The first-order valence-corrected chi connectivity index (χ1v) is 4.73. The highest BCUT2D eigenvalue weighted by Crippen LogP contribution is 1.95.